The summed E-state index contributed by atoms with van der Waals surface area (Å²) in [6, 6.07) is 2.87. The van der Waals surface area contributed by atoms with Crippen molar-refractivity contribution in [2.24, 2.45) is 0 Å². The Hall–Kier alpha value is -1.79. The Labute approximate surface area is 117 Å². The summed E-state index contributed by atoms with van der Waals surface area (Å²) in [5.74, 6) is 0. The second-order valence-electron chi connectivity index (χ2n) is 3.73. The number of aromatic nitrogens is 3. The van der Waals surface area contributed by atoms with E-state index in [2.05, 4.69) is 15.2 Å². The third kappa shape index (κ3) is 3.36. The molecule has 0 saturated heterocycles. The fourth-order valence-corrected chi connectivity index (χ4v) is 2.12. The average Bonchev–Trinajstić information content (AvgIpc) is 2.74. The second-order valence-corrected chi connectivity index (χ2v) is 4.57. The van der Waals surface area contributed by atoms with Crippen LogP contribution in [-0.2, 0) is 16.0 Å². The van der Waals surface area contributed by atoms with Crippen LogP contribution in [0.5, 0.6) is 0 Å². The van der Waals surface area contributed by atoms with Crippen LogP contribution in [0.15, 0.2) is 23.1 Å². The first-order valence-corrected chi connectivity index (χ1v) is 6.02. The number of nitrogens with one attached hydrogen (secondary N) is 2. The Morgan fingerprint density at radius 3 is 2.74 bits per heavy atom. The molecule has 100 valence electrons. The Kier molecular flexibility index (Phi) is 4.24. The highest BCUT2D eigenvalue weighted by molar-refractivity contribution is 6.34. The molecule has 0 aliphatic heterocycles. The summed E-state index contributed by atoms with van der Waals surface area (Å²) in [4.78, 5) is 25.6. The third-order valence-corrected chi connectivity index (χ3v) is 2.93. The molecule has 2 rings (SSSR count). The summed E-state index contributed by atoms with van der Waals surface area (Å²) in [5, 5.41) is 5.73. The van der Waals surface area contributed by atoms with E-state index in [1.54, 1.807) is 0 Å². The standard InChI is InChI=1S/C11H9Cl2N3O3/c12-6-1-8(13)11(14-4-6)9(19-5-17)2-7-3-10(18)16-15-7/h1,3-5,9H,2H2,(H2,15,16,18). The van der Waals surface area contributed by atoms with Crippen LogP contribution in [0.1, 0.15) is 17.5 Å². The number of nitrogens with zero attached hydrogens (tertiary/aromatic N) is 1. The molecule has 19 heavy (non-hydrogen) atoms. The second kappa shape index (κ2) is 5.90. The van der Waals surface area contributed by atoms with Gasteiger partial charge in [0.2, 0.25) is 0 Å². The first-order valence-electron chi connectivity index (χ1n) is 5.26. The number of pyridine rings is 1. The van der Waals surface area contributed by atoms with Gasteiger partial charge in [0.05, 0.1) is 10.0 Å². The normalized spacial score (nSPS) is 12.1. The molecule has 0 aromatic carbocycles. The zero-order valence-corrected chi connectivity index (χ0v) is 11.0. The molecule has 2 aromatic rings. The SMILES string of the molecule is O=COC(Cc1cc(=O)[nH][nH]1)c1ncc(Cl)cc1Cl. The number of aromatic amines is 2. The number of carbonyl (C=O) groups is 1. The molecule has 0 spiro atoms. The predicted octanol–water partition coefficient (Wildman–Crippen LogP) is 1.86. The molecule has 0 aliphatic carbocycles. The number of rotatable bonds is 5. The molecule has 8 heteroatoms. The Bertz CT molecular complexity index is 638. The molecule has 1 unspecified atom stereocenters. The quantitative estimate of drug-likeness (QED) is 0.825. The third-order valence-electron chi connectivity index (χ3n) is 2.42. The van der Waals surface area contributed by atoms with Crippen molar-refractivity contribution in [1.29, 1.82) is 0 Å². The highest BCUT2D eigenvalue weighted by Gasteiger charge is 2.19. The first kappa shape index (κ1) is 13.6. The van der Waals surface area contributed by atoms with Gasteiger partial charge in [-0.25, -0.2) is 0 Å². The summed E-state index contributed by atoms with van der Waals surface area (Å²) in [7, 11) is 0. The van der Waals surface area contributed by atoms with Crippen LogP contribution in [-0.4, -0.2) is 21.7 Å². The monoisotopic (exact) mass is 301 g/mol. The lowest BCUT2D eigenvalue weighted by Gasteiger charge is -2.15. The van der Waals surface area contributed by atoms with E-state index in [0.29, 0.717) is 22.9 Å². The molecule has 0 fully saturated rings. The molecular weight excluding hydrogens is 293 g/mol. The van der Waals surface area contributed by atoms with Crippen molar-refractivity contribution in [1.82, 2.24) is 15.2 Å². The summed E-state index contributed by atoms with van der Waals surface area (Å²) in [6.45, 7) is 0.308. The highest BCUT2D eigenvalue weighted by atomic mass is 35.5. The van der Waals surface area contributed by atoms with Gasteiger partial charge in [0, 0.05) is 24.4 Å². The van der Waals surface area contributed by atoms with Crippen LogP contribution in [0, 0.1) is 0 Å². The van der Waals surface area contributed by atoms with Crippen molar-refractivity contribution in [2.75, 3.05) is 0 Å². The highest BCUT2D eigenvalue weighted by Crippen LogP contribution is 2.27. The smallest absolute Gasteiger partial charge is 0.293 e. The summed E-state index contributed by atoms with van der Waals surface area (Å²) >= 11 is 11.8. The molecule has 6 nitrogen and oxygen atoms in total. The minimum atomic E-state index is -0.700. The van der Waals surface area contributed by atoms with Crippen LogP contribution in [0.2, 0.25) is 10.0 Å². The van der Waals surface area contributed by atoms with Gasteiger partial charge in [0.1, 0.15) is 5.69 Å². The van der Waals surface area contributed by atoms with Gasteiger partial charge in [-0.15, -0.1) is 0 Å². The predicted molar refractivity (Wildman–Crippen MR) is 69.3 cm³/mol. The van der Waals surface area contributed by atoms with Gasteiger partial charge in [0.15, 0.2) is 6.10 Å². The lowest BCUT2D eigenvalue weighted by molar-refractivity contribution is -0.134. The van der Waals surface area contributed by atoms with Gasteiger partial charge in [-0.1, -0.05) is 23.2 Å². The van der Waals surface area contributed by atoms with Gasteiger partial charge in [0.25, 0.3) is 12.0 Å². The molecule has 2 N–H and O–H groups in total. The molecule has 0 radical (unpaired) electrons. The number of hydrogen-bond acceptors (Lipinski definition) is 4. The number of carbonyl (C=O) groups excluding carboxylic acids is 1. The summed E-state index contributed by atoms with van der Waals surface area (Å²) in [6.07, 6.45) is 0.948. The van der Waals surface area contributed by atoms with Crippen molar-refractivity contribution in [3.05, 3.63) is 50.1 Å². The zero-order valence-electron chi connectivity index (χ0n) is 9.52. The van der Waals surface area contributed by atoms with Crippen molar-refractivity contribution >= 4 is 29.7 Å². The minimum Gasteiger partial charge on any atom is -0.458 e. The Morgan fingerprint density at radius 1 is 1.37 bits per heavy atom. The van der Waals surface area contributed by atoms with Crippen molar-refractivity contribution in [3.63, 3.8) is 0 Å². The minimum absolute atomic E-state index is 0.242. The van der Waals surface area contributed by atoms with E-state index in [1.165, 1.54) is 18.3 Å². The number of ether oxygens (including phenoxy) is 1. The van der Waals surface area contributed by atoms with Crippen molar-refractivity contribution in [3.8, 4) is 0 Å². The van der Waals surface area contributed by atoms with Gasteiger partial charge in [-0.3, -0.25) is 19.7 Å². The number of H-pyrrole nitrogens is 2. The first-order chi connectivity index (χ1) is 9.10. The van der Waals surface area contributed by atoms with E-state index in [0.717, 1.165) is 0 Å². The topological polar surface area (TPSA) is 87.8 Å². The molecule has 0 bridgehead atoms. The zero-order chi connectivity index (χ0) is 13.8. The molecule has 0 amide bonds. The van der Waals surface area contributed by atoms with Crippen LogP contribution in [0.25, 0.3) is 0 Å². The van der Waals surface area contributed by atoms with Crippen LogP contribution in [0.3, 0.4) is 0 Å². The van der Waals surface area contributed by atoms with E-state index < -0.39 is 6.10 Å². The lowest BCUT2D eigenvalue weighted by atomic mass is 10.1. The molecule has 1 atom stereocenters. The average molecular weight is 302 g/mol. The van der Waals surface area contributed by atoms with E-state index in [9.17, 15) is 9.59 Å². The summed E-state index contributed by atoms with van der Waals surface area (Å²) in [5.41, 5.74) is 0.680. The molecule has 2 aromatic heterocycles. The van der Waals surface area contributed by atoms with Crippen molar-refractivity contribution in [2.45, 2.75) is 12.5 Å². The molecule has 0 aliphatic rings. The van der Waals surface area contributed by atoms with Gasteiger partial charge in [-0.05, 0) is 6.07 Å². The number of halogens is 2. The molecular formula is C11H9Cl2N3O3. The van der Waals surface area contributed by atoms with Crippen molar-refractivity contribution < 1.29 is 9.53 Å². The van der Waals surface area contributed by atoms with E-state index >= 15 is 0 Å². The van der Waals surface area contributed by atoms with Crippen LogP contribution in [0.4, 0.5) is 0 Å². The van der Waals surface area contributed by atoms with Gasteiger partial charge in [-0.2, -0.15) is 0 Å². The maximum Gasteiger partial charge on any atom is 0.293 e. The number of hydrogen-bond donors (Lipinski definition) is 2. The van der Waals surface area contributed by atoms with E-state index in [1.807, 2.05) is 0 Å². The Balaban J connectivity index is 2.28. The lowest BCUT2D eigenvalue weighted by Crippen LogP contribution is -2.10. The van der Waals surface area contributed by atoms with Crippen LogP contribution < -0.4 is 5.56 Å². The van der Waals surface area contributed by atoms with E-state index in [4.69, 9.17) is 27.9 Å². The largest absolute Gasteiger partial charge is 0.458 e. The molecule has 2 heterocycles. The molecule has 0 saturated carbocycles. The maximum absolute atomic E-state index is 11.0. The van der Waals surface area contributed by atoms with Gasteiger partial charge >= 0.3 is 0 Å². The van der Waals surface area contributed by atoms with Gasteiger partial charge < -0.3 is 9.84 Å². The maximum atomic E-state index is 11.0. The Morgan fingerprint density at radius 2 is 2.16 bits per heavy atom. The van der Waals surface area contributed by atoms with E-state index in [-0.39, 0.29) is 17.0 Å². The fourth-order valence-electron chi connectivity index (χ4n) is 1.62. The fraction of sp³-hybridized carbons (Fsp3) is 0.182. The summed E-state index contributed by atoms with van der Waals surface area (Å²) < 4.78 is 4.96. The van der Waals surface area contributed by atoms with Crippen LogP contribution >= 0.6 is 23.2 Å².